The van der Waals surface area contributed by atoms with Crippen LogP contribution in [-0.2, 0) is 22.8 Å². The van der Waals surface area contributed by atoms with E-state index in [4.69, 9.17) is 28.0 Å². The van der Waals surface area contributed by atoms with E-state index in [9.17, 15) is 14.7 Å². The number of aromatic nitrogens is 2. The first-order chi connectivity index (χ1) is 11.7. The summed E-state index contributed by atoms with van der Waals surface area (Å²) in [6.07, 6.45) is 6.34. The number of carbonyl (C=O) groups excluding carboxylic acids is 1. The lowest BCUT2D eigenvalue weighted by Gasteiger charge is -2.12. The average Bonchev–Trinajstić information content (AvgIpc) is 3.04. The molecule has 0 aromatic carbocycles. The molecule has 7 nitrogen and oxygen atoms in total. The Balaban J connectivity index is 2.06. The molecule has 1 N–H and O–H groups in total. The summed E-state index contributed by atoms with van der Waals surface area (Å²) in [4.78, 5) is 24.4. The molecule has 0 spiro atoms. The zero-order chi connectivity index (χ0) is 18.9. The quantitative estimate of drug-likeness (QED) is 0.468. The highest BCUT2D eigenvalue weighted by molar-refractivity contribution is 6.22. The molecule has 1 aromatic heterocycles. The zero-order valence-electron chi connectivity index (χ0n) is 14.3. The van der Waals surface area contributed by atoms with Gasteiger partial charge in [0.25, 0.3) is 0 Å². The summed E-state index contributed by atoms with van der Waals surface area (Å²) in [7, 11) is 0. The molecule has 0 bridgehead atoms. The lowest BCUT2D eigenvalue weighted by atomic mass is 9.96. The largest absolute Gasteiger partial charge is 0.493 e. The minimum absolute atomic E-state index is 0.00779. The summed E-state index contributed by atoms with van der Waals surface area (Å²) in [5.41, 5.74) is -0.906. The van der Waals surface area contributed by atoms with Crippen molar-refractivity contribution < 1.29 is 14.6 Å². The van der Waals surface area contributed by atoms with Crippen LogP contribution in [0.3, 0.4) is 0 Å². The highest BCUT2D eigenvalue weighted by Gasteiger charge is 2.65. The number of rotatable bonds is 6. The van der Waals surface area contributed by atoms with E-state index in [1.807, 2.05) is 26.8 Å². The van der Waals surface area contributed by atoms with Gasteiger partial charge < -0.3 is 9.84 Å². The van der Waals surface area contributed by atoms with E-state index in [0.717, 1.165) is 9.13 Å². The van der Waals surface area contributed by atoms with Crippen molar-refractivity contribution in [1.82, 2.24) is 9.13 Å². The van der Waals surface area contributed by atoms with Gasteiger partial charge in [-0.05, 0) is 17.3 Å². The molecule has 134 valence electrons. The maximum Gasteiger partial charge on any atom is 0.334 e. The lowest BCUT2D eigenvalue weighted by molar-refractivity contribution is -0.150. The van der Waals surface area contributed by atoms with Gasteiger partial charge in [-0.1, -0.05) is 26.7 Å². The van der Waals surface area contributed by atoms with E-state index >= 15 is 0 Å². The van der Waals surface area contributed by atoms with Crippen LogP contribution in [0.2, 0.25) is 0 Å². The highest BCUT2D eigenvalue weighted by Crippen LogP contribution is 2.63. The topological polar surface area (TPSA) is 97.2 Å². The van der Waals surface area contributed by atoms with Crippen molar-refractivity contribution in [2.75, 3.05) is 0 Å². The summed E-state index contributed by atoms with van der Waals surface area (Å²) in [5, 5.41) is 18.0. The van der Waals surface area contributed by atoms with Gasteiger partial charge in [0.2, 0.25) is 5.88 Å². The Hall–Kier alpha value is -2.38. The molecule has 4 atom stereocenters. The number of ether oxygens (including phenoxy) is 1. The Morgan fingerprint density at radius 2 is 2.24 bits per heavy atom. The van der Waals surface area contributed by atoms with Crippen molar-refractivity contribution in [2.45, 2.75) is 39.4 Å². The van der Waals surface area contributed by atoms with Gasteiger partial charge in [0, 0.05) is 0 Å². The second-order valence-corrected chi connectivity index (χ2v) is 7.31. The molecule has 1 fully saturated rings. The Bertz CT molecular complexity index is 811. The van der Waals surface area contributed by atoms with E-state index < -0.39 is 29.7 Å². The van der Waals surface area contributed by atoms with Gasteiger partial charge in [0.05, 0.1) is 24.7 Å². The number of imidazole rings is 1. The van der Waals surface area contributed by atoms with Crippen molar-refractivity contribution in [2.24, 2.45) is 23.2 Å². The predicted octanol–water partition coefficient (Wildman–Crippen LogP) is 1.53. The number of carbonyl (C=O) groups is 1. The first-order valence-corrected chi connectivity index (χ1v) is 8.23. The van der Waals surface area contributed by atoms with Gasteiger partial charge in [0.1, 0.15) is 5.38 Å². The van der Waals surface area contributed by atoms with Crippen LogP contribution in [-0.4, -0.2) is 25.6 Å². The smallest absolute Gasteiger partial charge is 0.334 e. The molecule has 1 aliphatic rings. The lowest BCUT2D eigenvalue weighted by Crippen LogP contribution is -2.26. The average molecular weight is 366 g/mol. The Morgan fingerprint density at radius 1 is 1.60 bits per heavy atom. The summed E-state index contributed by atoms with van der Waals surface area (Å²) in [5.74, 6) is 0.801. The number of esters is 1. The first-order valence-electron chi connectivity index (χ1n) is 7.79. The normalized spacial score (nSPS) is 23.1. The van der Waals surface area contributed by atoms with E-state index in [2.05, 4.69) is 5.92 Å². The molecule has 8 heteroatoms. The van der Waals surface area contributed by atoms with Crippen molar-refractivity contribution >= 4 is 17.6 Å². The van der Waals surface area contributed by atoms with Crippen LogP contribution < -0.4 is 5.69 Å². The number of hydrogen-bond donors (Lipinski definition) is 1. The van der Waals surface area contributed by atoms with Crippen LogP contribution in [0.15, 0.2) is 11.0 Å². The fourth-order valence-electron chi connectivity index (χ4n) is 3.48. The maximum absolute atomic E-state index is 12.4. The van der Waals surface area contributed by atoms with E-state index in [1.54, 1.807) is 0 Å². The number of terminal acetylenes is 1. The van der Waals surface area contributed by atoms with Crippen LogP contribution in [0.4, 0.5) is 0 Å². The van der Waals surface area contributed by atoms with Gasteiger partial charge in [-0.15, -0.1) is 18.0 Å². The number of aromatic hydroxyl groups is 1. The third kappa shape index (κ3) is 3.38. The molecular formula is C17H20ClN3O4. The Labute approximate surface area is 150 Å². The SMILES string of the molecule is C#CCn1cc(O)n(COC(=O)C2C(C(C)C(Cl)C#N)C2(C)C)c1=O. The van der Waals surface area contributed by atoms with E-state index in [-0.39, 0.29) is 29.7 Å². The van der Waals surface area contributed by atoms with Gasteiger partial charge in [0.15, 0.2) is 6.73 Å². The van der Waals surface area contributed by atoms with Crippen molar-refractivity contribution in [3.05, 3.63) is 16.7 Å². The van der Waals surface area contributed by atoms with Gasteiger partial charge >= 0.3 is 11.7 Å². The molecule has 0 radical (unpaired) electrons. The number of nitrogens with zero attached hydrogens (tertiary/aromatic N) is 3. The summed E-state index contributed by atoms with van der Waals surface area (Å²) in [6.45, 7) is 5.25. The number of nitriles is 1. The molecule has 1 saturated carbocycles. The molecule has 0 saturated heterocycles. The Kier molecular flexibility index (Phi) is 5.20. The third-order valence-corrected chi connectivity index (χ3v) is 5.43. The molecule has 1 aromatic rings. The molecule has 2 rings (SSSR count). The molecule has 0 aliphatic heterocycles. The van der Waals surface area contributed by atoms with Crippen LogP contribution in [0, 0.1) is 46.8 Å². The monoisotopic (exact) mass is 365 g/mol. The zero-order valence-corrected chi connectivity index (χ0v) is 15.0. The molecule has 25 heavy (non-hydrogen) atoms. The highest BCUT2D eigenvalue weighted by atomic mass is 35.5. The maximum atomic E-state index is 12.4. The van der Waals surface area contributed by atoms with Crippen LogP contribution in [0.5, 0.6) is 5.88 Å². The number of halogens is 1. The second kappa shape index (κ2) is 6.85. The van der Waals surface area contributed by atoms with Crippen molar-refractivity contribution in [1.29, 1.82) is 5.26 Å². The first kappa shape index (κ1) is 19.0. The Morgan fingerprint density at radius 3 is 2.80 bits per heavy atom. The molecule has 1 aliphatic carbocycles. The second-order valence-electron chi connectivity index (χ2n) is 6.84. The molecule has 0 amide bonds. The van der Waals surface area contributed by atoms with Crippen LogP contribution in [0.25, 0.3) is 0 Å². The van der Waals surface area contributed by atoms with E-state index in [0.29, 0.717) is 0 Å². The van der Waals surface area contributed by atoms with Crippen LogP contribution in [0.1, 0.15) is 20.8 Å². The van der Waals surface area contributed by atoms with Crippen molar-refractivity contribution in [3.8, 4) is 24.3 Å². The summed E-state index contributed by atoms with van der Waals surface area (Å²) >= 11 is 5.98. The number of hydrogen-bond acceptors (Lipinski definition) is 5. The van der Waals surface area contributed by atoms with Crippen molar-refractivity contribution in [3.63, 3.8) is 0 Å². The fraction of sp³-hybridized carbons (Fsp3) is 0.588. The predicted molar refractivity (Wildman–Crippen MR) is 90.5 cm³/mol. The molecular weight excluding hydrogens is 346 g/mol. The standard InChI is InChI=1S/C17H20ClN3O4/c1-5-6-20-8-12(22)21(16(20)24)9-25-15(23)14-13(17(14,3)4)10(2)11(18)7-19/h1,8,10-11,13-14,22H,6,9H2,2-4H3. The van der Waals surface area contributed by atoms with E-state index in [1.165, 1.54) is 6.20 Å². The summed E-state index contributed by atoms with van der Waals surface area (Å²) in [6, 6.07) is 1.99. The third-order valence-electron chi connectivity index (χ3n) is 4.94. The van der Waals surface area contributed by atoms with Gasteiger partial charge in [-0.25, -0.2) is 9.36 Å². The molecule has 1 heterocycles. The number of alkyl halides is 1. The fourth-order valence-corrected chi connectivity index (χ4v) is 3.63. The van der Waals surface area contributed by atoms with Gasteiger partial charge in [-0.2, -0.15) is 5.26 Å². The minimum Gasteiger partial charge on any atom is -0.493 e. The summed E-state index contributed by atoms with van der Waals surface area (Å²) < 4.78 is 7.27. The molecule has 4 unspecified atom stereocenters. The van der Waals surface area contributed by atoms with Crippen LogP contribution >= 0.6 is 11.6 Å². The minimum atomic E-state index is -0.688. The van der Waals surface area contributed by atoms with Gasteiger partial charge in [-0.3, -0.25) is 9.36 Å².